The molecule has 1 amide bonds. The Labute approximate surface area is 158 Å². The lowest BCUT2D eigenvalue weighted by molar-refractivity contribution is -0.137. The molecule has 0 atom stereocenters. The fraction of sp³-hybridized carbons (Fsp3) is 0.368. The van der Waals surface area contributed by atoms with Crippen molar-refractivity contribution in [2.45, 2.75) is 45.3 Å². The third-order valence-electron chi connectivity index (χ3n) is 3.68. The van der Waals surface area contributed by atoms with E-state index in [1.165, 1.54) is 11.3 Å². The van der Waals surface area contributed by atoms with Crippen LogP contribution >= 0.6 is 11.3 Å². The summed E-state index contributed by atoms with van der Waals surface area (Å²) in [5, 5.41) is 0. The van der Waals surface area contributed by atoms with E-state index in [0.717, 1.165) is 4.88 Å². The largest absolute Gasteiger partial charge is 0.416 e. The monoisotopic (exact) mass is 398 g/mol. The average Bonchev–Trinajstić information content (AvgIpc) is 2.95. The van der Waals surface area contributed by atoms with Gasteiger partial charge in [0.1, 0.15) is 5.82 Å². The molecule has 1 heterocycles. The van der Waals surface area contributed by atoms with E-state index in [1.54, 1.807) is 10.8 Å². The van der Waals surface area contributed by atoms with Gasteiger partial charge in [-0.25, -0.2) is 4.39 Å². The molecule has 0 bridgehead atoms. The van der Waals surface area contributed by atoms with Crippen molar-refractivity contribution in [3.05, 3.63) is 51.0 Å². The van der Waals surface area contributed by atoms with E-state index in [-0.39, 0.29) is 10.2 Å². The van der Waals surface area contributed by atoms with Crippen LogP contribution in [0.1, 0.15) is 48.0 Å². The Balaban J connectivity index is 2.54. The number of amides is 1. The molecule has 3 nitrogen and oxygen atoms in total. The van der Waals surface area contributed by atoms with Crippen LogP contribution in [0, 0.1) is 18.2 Å². The number of terminal acetylenes is 1. The molecule has 8 heteroatoms. The van der Waals surface area contributed by atoms with E-state index < -0.39 is 29.0 Å². The normalized spacial score (nSPS) is 12.9. The predicted octanol–water partition coefficient (Wildman–Crippen LogP) is 4.77. The zero-order chi connectivity index (χ0) is 20.4. The lowest BCUT2D eigenvalue weighted by Crippen LogP contribution is -2.17. The molecule has 0 radical (unpaired) electrons. The smallest absolute Gasteiger partial charge is 0.322 e. The van der Waals surface area contributed by atoms with Crippen LogP contribution in [0.5, 0.6) is 0 Å². The summed E-state index contributed by atoms with van der Waals surface area (Å²) in [6.45, 7) is 6.31. The molecule has 144 valence electrons. The Hall–Kier alpha value is -2.40. The maximum absolute atomic E-state index is 13.9. The summed E-state index contributed by atoms with van der Waals surface area (Å²) in [6.07, 6.45) is 2.78. The van der Waals surface area contributed by atoms with Gasteiger partial charge in [-0.2, -0.15) is 18.2 Å². The average molecular weight is 398 g/mol. The highest BCUT2D eigenvalue weighted by molar-refractivity contribution is 7.09. The zero-order valence-electron chi connectivity index (χ0n) is 15.0. The number of hydrogen-bond acceptors (Lipinski definition) is 2. The minimum absolute atomic E-state index is 0.221. The first-order valence-electron chi connectivity index (χ1n) is 8.03. The van der Waals surface area contributed by atoms with Gasteiger partial charge in [-0.15, -0.1) is 23.7 Å². The molecule has 0 unspecified atom stereocenters. The van der Waals surface area contributed by atoms with Crippen LogP contribution in [-0.4, -0.2) is 10.5 Å². The van der Waals surface area contributed by atoms with Crippen LogP contribution in [0.15, 0.2) is 29.4 Å². The second-order valence-electron chi connectivity index (χ2n) is 6.88. The second-order valence-corrected chi connectivity index (χ2v) is 7.89. The number of hydrogen-bond donors (Lipinski definition) is 0. The first-order valence-corrected chi connectivity index (χ1v) is 8.85. The van der Waals surface area contributed by atoms with Gasteiger partial charge in [0.25, 0.3) is 5.91 Å². The van der Waals surface area contributed by atoms with Crippen LogP contribution in [0.4, 0.5) is 17.6 Å². The van der Waals surface area contributed by atoms with Crippen LogP contribution < -0.4 is 4.80 Å². The standard InChI is InChI=1S/C19H18F4N2OS/c1-5-6-9-25-11-15(18(2,3)4)27-17(25)24-16(26)13-10-12(19(21,22)23)7-8-14(13)20/h1,7-8,10-11H,6,9H2,2-4H3/b24-17-. The van der Waals surface area contributed by atoms with Gasteiger partial charge >= 0.3 is 6.18 Å². The number of halogens is 4. The predicted molar refractivity (Wildman–Crippen MR) is 95.8 cm³/mol. The highest BCUT2D eigenvalue weighted by Gasteiger charge is 2.32. The number of aryl methyl sites for hydroxylation is 1. The van der Waals surface area contributed by atoms with Crippen LogP contribution in [0.2, 0.25) is 0 Å². The third-order valence-corrected chi connectivity index (χ3v) is 5.12. The Morgan fingerprint density at radius 2 is 1.96 bits per heavy atom. The quantitative estimate of drug-likeness (QED) is 0.542. The third kappa shape index (κ3) is 5.07. The molecule has 1 aromatic carbocycles. The maximum Gasteiger partial charge on any atom is 0.416 e. The number of rotatable bonds is 3. The Morgan fingerprint density at radius 1 is 1.30 bits per heavy atom. The minimum Gasteiger partial charge on any atom is -0.322 e. The Kier molecular flexibility index (Phi) is 5.95. The van der Waals surface area contributed by atoms with Crippen LogP contribution in [0.25, 0.3) is 0 Å². The molecule has 2 aromatic rings. The van der Waals surface area contributed by atoms with Crippen molar-refractivity contribution >= 4 is 17.2 Å². The van der Waals surface area contributed by atoms with Crippen molar-refractivity contribution in [1.29, 1.82) is 0 Å². The molecule has 0 saturated carbocycles. The summed E-state index contributed by atoms with van der Waals surface area (Å²) in [5.74, 6) is 0.352. The SMILES string of the molecule is C#CCCn1cc(C(C)(C)C)s/c1=N\C(=O)c1cc(C(F)(F)F)ccc1F. The summed E-state index contributed by atoms with van der Waals surface area (Å²) >= 11 is 1.22. The summed E-state index contributed by atoms with van der Waals surface area (Å²) in [4.78, 5) is 17.4. The zero-order valence-corrected chi connectivity index (χ0v) is 15.8. The van der Waals surface area contributed by atoms with Gasteiger partial charge in [0, 0.05) is 24.0 Å². The number of alkyl halides is 3. The van der Waals surface area contributed by atoms with E-state index in [2.05, 4.69) is 10.9 Å². The van der Waals surface area contributed by atoms with E-state index in [9.17, 15) is 22.4 Å². The first-order chi connectivity index (χ1) is 12.4. The molecule has 27 heavy (non-hydrogen) atoms. The van der Waals surface area contributed by atoms with Gasteiger partial charge in [0.15, 0.2) is 4.80 Å². The van der Waals surface area contributed by atoms with Crippen molar-refractivity contribution in [2.24, 2.45) is 4.99 Å². The van der Waals surface area contributed by atoms with E-state index in [1.807, 2.05) is 20.8 Å². The van der Waals surface area contributed by atoms with E-state index >= 15 is 0 Å². The Bertz CT molecular complexity index is 956. The lowest BCUT2D eigenvalue weighted by atomic mass is 9.95. The van der Waals surface area contributed by atoms with E-state index in [0.29, 0.717) is 31.2 Å². The van der Waals surface area contributed by atoms with Gasteiger partial charge in [-0.3, -0.25) is 4.79 Å². The van der Waals surface area contributed by atoms with Crippen molar-refractivity contribution in [3.63, 3.8) is 0 Å². The summed E-state index contributed by atoms with van der Waals surface area (Å²) < 4.78 is 54.1. The number of carbonyl (C=O) groups excluding carboxylic acids is 1. The molecule has 0 N–H and O–H groups in total. The fourth-order valence-corrected chi connectivity index (χ4v) is 3.24. The molecule has 0 saturated heterocycles. The van der Waals surface area contributed by atoms with Crippen molar-refractivity contribution in [3.8, 4) is 12.3 Å². The van der Waals surface area contributed by atoms with Crippen molar-refractivity contribution in [1.82, 2.24) is 4.57 Å². The van der Waals surface area contributed by atoms with Gasteiger partial charge in [0.05, 0.1) is 11.1 Å². The molecule has 0 spiro atoms. The molecule has 1 aromatic heterocycles. The van der Waals surface area contributed by atoms with Gasteiger partial charge in [0.2, 0.25) is 0 Å². The minimum atomic E-state index is -4.68. The van der Waals surface area contributed by atoms with Crippen molar-refractivity contribution < 1.29 is 22.4 Å². The van der Waals surface area contributed by atoms with Crippen molar-refractivity contribution in [2.75, 3.05) is 0 Å². The van der Waals surface area contributed by atoms with Gasteiger partial charge < -0.3 is 4.57 Å². The van der Waals surface area contributed by atoms with Crippen LogP contribution in [0.3, 0.4) is 0 Å². The number of benzene rings is 1. The Morgan fingerprint density at radius 3 is 2.52 bits per heavy atom. The fourth-order valence-electron chi connectivity index (χ4n) is 2.17. The first kappa shape index (κ1) is 20.9. The maximum atomic E-state index is 13.9. The second kappa shape index (κ2) is 7.69. The number of thiazole rings is 1. The number of carbonyl (C=O) groups is 1. The molecular formula is C19H18F4N2OS. The molecule has 2 rings (SSSR count). The highest BCUT2D eigenvalue weighted by atomic mass is 32.1. The summed E-state index contributed by atoms with van der Waals surface area (Å²) in [6, 6.07) is 1.68. The molecule has 0 aliphatic heterocycles. The van der Waals surface area contributed by atoms with Crippen LogP contribution in [-0.2, 0) is 18.1 Å². The lowest BCUT2D eigenvalue weighted by Gasteiger charge is -2.14. The van der Waals surface area contributed by atoms with Gasteiger partial charge in [-0.1, -0.05) is 20.8 Å². The highest BCUT2D eigenvalue weighted by Crippen LogP contribution is 2.30. The molecule has 0 aliphatic rings. The summed E-state index contributed by atoms with van der Waals surface area (Å²) in [7, 11) is 0. The molecular weight excluding hydrogens is 380 g/mol. The number of aromatic nitrogens is 1. The van der Waals surface area contributed by atoms with Gasteiger partial charge in [-0.05, 0) is 23.6 Å². The van der Waals surface area contributed by atoms with E-state index in [4.69, 9.17) is 6.42 Å². The molecule has 0 aliphatic carbocycles. The molecule has 0 fully saturated rings. The topological polar surface area (TPSA) is 34.4 Å². The summed E-state index contributed by atoms with van der Waals surface area (Å²) in [5.41, 5.74) is -2.05. The number of nitrogens with zero attached hydrogens (tertiary/aromatic N) is 2.